The highest BCUT2D eigenvalue weighted by Gasteiger charge is 2.14. The molecule has 0 aliphatic carbocycles. The van der Waals surface area contributed by atoms with Gasteiger partial charge in [0.1, 0.15) is 5.69 Å². The van der Waals surface area contributed by atoms with Crippen LogP contribution in [-0.4, -0.2) is 15.4 Å². The fraction of sp³-hybridized carbons (Fsp3) is 0.200. The Kier molecular flexibility index (Phi) is 5.15. The molecule has 0 spiro atoms. The summed E-state index contributed by atoms with van der Waals surface area (Å²) in [6, 6.07) is 10.2. The number of nitrogens with zero attached hydrogens (tertiary/aromatic N) is 1. The zero-order valence-corrected chi connectivity index (χ0v) is 13.7. The molecule has 1 atom stereocenters. The molecule has 0 fully saturated rings. The van der Waals surface area contributed by atoms with E-state index in [1.807, 2.05) is 0 Å². The van der Waals surface area contributed by atoms with Gasteiger partial charge in [0.25, 0.3) is 5.69 Å². The molecule has 116 valence electrons. The third-order valence-corrected chi connectivity index (χ3v) is 4.12. The highest BCUT2D eigenvalue weighted by atomic mass is 35.5. The number of aryl methyl sites for hydroxylation is 1. The average molecular weight is 339 g/mol. The molecule has 7 heteroatoms. The molecule has 0 aliphatic heterocycles. The average Bonchev–Trinajstić information content (AvgIpc) is 2.43. The summed E-state index contributed by atoms with van der Waals surface area (Å²) in [5.41, 5.74) is 2.63. The van der Waals surface area contributed by atoms with Crippen molar-refractivity contribution in [2.75, 3.05) is 11.6 Å². The van der Waals surface area contributed by atoms with E-state index >= 15 is 0 Å². The Morgan fingerprint density at radius 2 is 2.00 bits per heavy atom. The first kappa shape index (κ1) is 16.5. The minimum absolute atomic E-state index is 0.00979. The zero-order valence-electron chi connectivity index (χ0n) is 12.1. The lowest BCUT2D eigenvalue weighted by molar-refractivity contribution is -0.384. The summed E-state index contributed by atoms with van der Waals surface area (Å²) in [6.45, 7) is 1.80. The molecule has 0 aliphatic rings. The van der Waals surface area contributed by atoms with Crippen molar-refractivity contribution < 1.29 is 9.13 Å². The van der Waals surface area contributed by atoms with Crippen molar-refractivity contribution in [3.63, 3.8) is 0 Å². The summed E-state index contributed by atoms with van der Waals surface area (Å²) >= 11 is 6.08. The SMILES string of the molecule is Cc1ccc(Nc2ccc(Cl)c(CS(C)=O)c2)c([N+](=O)[O-])c1. The van der Waals surface area contributed by atoms with Crippen LogP contribution in [0.1, 0.15) is 11.1 Å². The maximum Gasteiger partial charge on any atom is 0.292 e. The van der Waals surface area contributed by atoms with Gasteiger partial charge in [-0.05, 0) is 42.3 Å². The molecule has 1 N–H and O–H groups in total. The number of nitro benzene ring substituents is 1. The molecule has 0 aromatic heterocycles. The van der Waals surface area contributed by atoms with E-state index in [1.54, 1.807) is 43.5 Å². The Morgan fingerprint density at radius 1 is 1.27 bits per heavy atom. The number of anilines is 2. The van der Waals surface area contributed by atoms with E-state index in [4.69, 9.17) is 11.6 Å². The second-order valence-corrected chi connectivity index (χ2v) is 6.77. The first-order valence-electron chi connectivity index (χ1n) is 6.47. The minimum Gasteiger partial charge on any atom is -0.350 e. The first-order valence-corrected chi connectivity index (χ1v) is 8.58. The van der Waals surface area contributed by atoms with E-state index < -0.39 is 15.7 Å². The molecule has 5 nitrogen and oxygen atoms in total. The van der Waals surface area contributed by atoms with Gasteiger partial charge in [-0.1, -0.05) is 17.7 Å². The highest BCUT2D eigenvalue weighted by Crippen LogP contribution is 2.30. The number of hydrogen-bond donors (Lipinski definition) is 1. The van der Waals surface area contributed by atoms with Gasteiger partial charge in [0, 0.05) is 39.6 Å². The van der Waals surface area contributed by atoms with Gasteiger partial charge < -0.3 is 5.32 Å². The molecule has 0 heterocycles. The number of rotatable bonds is 5. The van der Waals surface area contributed by atoms with Gasteiger partial charge in [-0.2, -0.15) is 0 Å². The van der Waals surface area contributed by atoms with Crippen molar-refractivity contribution in [1.82, 2.24) is 0 Å². The van der Waals surface area contributed by atoms with Crippen molar-refractivity contribution in [2.45, 2.75) is 12.7 Å². The van der Waals surface area contributed by atoms with E-state index in [2.05, 4.69) is 5.32 Å². The molecule has 2 aromatic carbocycles. The van der Waals surface area contributed by atoms with Crippen LogP contribution < -0.4 is 5.32 Å². The van der Waals surface area contributed by atoms with E-state index in [0.717, 1.165) is 11.1 Å². The zero-order chi connectivity index (χ0) is 16.3. The molecule has 2 aromatic rings. The Morgan fingerprint density at radius 3 is 2.64 bits per heavy atom. The van der Waals surface area contributed by atoms with Crippen LogP contribution in [0.15, 0.2) is 36.4 Å². The number of nitrogens with one attached hydrogen (secondary N) is 1. The van der Waals surface area contributed by atoms with E-state index in [9.17, 15) is 14.3 Å². The van der Waals surface area contributed by atoms with Crippen LogP contribution in [0.3, 0.4) is 0 Å². The van der Waals surface area contributed by atoms with Gasteiger partial charge in [-0.3, -0.25) is 14.3 Å². The van der Waals surface area contributed by atoms with Gasteiger partial charge in [-0.15, -0.1) is 0 Å². The summed E-state index contributed by atoms with van der Waals surface area (Å²) < 4.78 is 11.4. The molecule has 22 heavy (non-hydrogen) atoms. The second-order valence-electron chi connectivity index (χ2n) is 4.93. The predicted octanol–water partition coefficient (Wildman–Crippen LogP) is 4.18. The molecule has 0 amide bonds. The van der Waals surface area contributed by atoms with Crippen LogP contribution in [0.25, 0.3) is 0 Å². The second kappa shape index (κ2) is 6.89. The third-order valence-electron chi connectivity index (χ3n) is 3.03. The first-order chi connectivity index (χ1) is 10.4. The van der Waals surface area contributed by atoms with E-state index in [1.165, 1.54) is 6.07 Å². The topological polar surface area (TPSA) is 72.2 Å². The number of halogens is 1. The van der Waals surface area contributed by atoms with Crippen molar-refractivity contribution in [3.05, 3.63) is 62.7 Å². The Hall–Kier alpha value is -1.92. The molecule has 0 bridgehead atoms. The van der Waals surface area contributed by atoms with Crippen molar-refractivity contribution in [1.29, 1.82) is 0 Å². The van der Waals surface area contributed by atoms with Crippen LogP contribution >= 0.6 is 11.6 Å². The molecule has 1 unspecified atom stereocenters. The van der Waals surface area contributed by atoms with Crippen LogP contribution in [0, 0.1) is 17.0 Å². The monoisotopic (exact) mass is 338 g/mol. The van der Waals surface area contributed by atoms with Gasteiger partial charge in [0.15, 0.2) is 0 Å². The van der Waals surface area contributed by atoms with Crippen LogP contribution in [-0.2, 0) is 16.6 Å². The standard InChI is InChI=1S/C15H15ClN2O3S/c1-10-3-6-14(15(7-10)18(19)20)17-12-4-5-13(16)11(8-12)9-22(2)21/h3-8,17H,9H2,1-2H3. The van der Waals surface area contributed by atoms with Gasteiger partial charge in [0.05, 0.1) is 4.92 Å². The quantitative estimate of drug-likeness (QED) is 0.655. The summed E-state index contributed by atoms with van der Waals surface area (Å²) in [4.78, 5) is 10.7. The lowest BCUT2D eigenvalue weighted by Crippen LogP contribution is -1.99. The van der Waals surface area contributed by atoms with Crippen LogP contribution in [0.2, 0.25) is 5.02 Å². The maximum atomic E-state index is 11.4. The molecule has 2 rings (SSSR count). The molecule has 0 saturated carbocycles. The summed E-state index contributed by atoms with van der Waals surface area (Å²) in [5, 5.41) is 14.7. The largest absolute Gasteiger partial charge is 0.350 e. The van der Waals surface area contributed by atoms with Crippen molar-refractivity contribution >= 4 is 39.5 Å². The Bertz CT molecular complexity index is 750. The number of benzene rings is 2. The van der Waals surface area contributed by atoms with Gasteiger partial charge in [0.2, 0.25) is 0 Å². The fourth-order valence-electron chi connectivity index (χ4n) is 2.04. The predicted molar refractivity (Wildman–Crippen MR) is 90.3 cm³/mol. The fourth-order valence-corrected chi connectivity index (χ4v) is 2.98. The maximum absolute atomic E-state index is 11.4. The molecular weight excluding hydrogens is 324 g/mol. The van der Waals surface area contributed by atoms with Crippen LogP contribution in [0.4, 0.5) is 17.1 Å². The highest BCUT2D eigenvalue weighted by molar-refractivity contribution is 7.83. The van der Waals surface area contributed by atoms with Gasteiger partial charge >= 0.3 is 0 Å². The summed E-state index contributed by atoms with van der Waals surface area (Å²) in [7, 11) is -1.02. The summed E-state index contributed by atoms with van der Waals surface area (Å²) in [5.74, 6) is 0.338. The molecule has 0 radical (unpaired) electrons. The molecular formula is C15H15ClN2O3S. The van der Waals surface area contributed by atoms with Crippen molar-refractivity contribution in [2.24, 2.45) is 0 Å². The smallest absolute Gasteiger partial charge is 0.292 e. The Labute approximate surface area is 135 Å². The number of nitro groups is 1. The molecule has 0 saturated heterocycles. The lowest BCUT2D eigenvalue weighted by Gasteiger charge is -2.10. The van der Waals surface area contributed by atoms with E-state index in [-0.39, 0.29) is 5.69 Å². The van der Waals surface area contributed by atoms with E-state index in [0.29, 0.717) is 22.2 Å². The van der Waals surface area contributed by atoms with Gasteiger partial charge in [-0.25, -0.2) is 0 Å². The van der Waals surface area contributed by atoms with Crippen LogP contribution in [0.5, 0.6) is 0 Å². The third kappa shape index (κ3) is 4.05. The van der Waals surface area contributed by atoms with Crippen molar-refractivity contribution in [3.8, 4) is 0 Å². The normalized spacial score (nSPS) is 12.0. The minimum atomic E-state index is -1.02. The summed E-state index contributed by atoms with van der Waals surface area (Å²) in [6.07, 6.45) is 1.60. The number of hydrogen-bond acceptors (Lipinski definition) is 4. The lowest BCUT2D eigenvalue weighted by atomic mass is 10.1. The Balaban J connectivity index is 2.35.